The zero-order valence-electron chi connectivity index (χ0n) is 12.8. The number of nitrogens with one attached hydrogen (secondary N) is 1. The van der Waals surface area contributed by atoms with E-state index in [1.165, 1.54) is 0 Å². The number of nitrogens with two attached hydrogens (primary N) is 1. The number of fused-ring (bicyclic) bond motifs is 1. The highest BCUT2D eigenvalue weighted by molar-refractivity contribution is 6.31. The number of carbonyl (C=O) groups is 1. The number of rotatable bonds is 3. The quantitative estimate of drug-likeness (QED) is 0.908. The topological polar surface area (TPSA) is 72.9 Å². The summed E-state index contributed by atoms with van der Waals surface area (Å²) in [5.74, 6) is 0.339. The number of aromatic nitrogens is 2. The van der Waals surface area contributed by atoms with Gasteiger partial charge in [0.1, 0.15) is 11.4 Å². The average Bonchev–Trinajstić information content (AvgIpc) is 2.87. The molecular weight excluding hydrogens is 312 g/mol. The molecule has 1 aromatic heterocycles. The van der Waals surface area contributed by atoms with Crippen LogP contribution in [0.3, 0.4) is 0 Å². The van der Waals surface area contributed by atoms with Crippen LogP contribution in [0.1, 0.15) is 47.3 Å². The molecule has 2 aromatic rings. The molecule has 1 amide bonds. The third kappa shape index (κ3) is 2.06. The van der Waals surface area contributed by atoms with Crippen molar-refractivity contribution in [3.63, 3.8) is 0 Å². The molecule has 5 nitrogen and oxygen atoms in total. The first-order valence-corrected chi connectivity index (χ1v) is 8.41. The largest absolute Gasteiger partial charge is 0.370 e. The number of hydrogen-bond donors (Lipinski definition) is 2. The van der Waals surface area contributed by atoms with Gasteiger partial charge in [0, 0.05) is 23.5 Å². The van der Waals surface area contributed by atoms with Crippen molar-refractivity contribution in [2.24, 2.45) is 5.73 Å². The first-order chi connectivity index (χ1) is 11.1. The molecule has 0 saturated heterocycles. The minimum Gasteiger partial charge on any atom is -0.370 e. The lowest BCUT2D eigenvalue weighted by Gasteiger charge is -2.42. The Morgan fingerprint density at radius 2 is 2.09 bits per heavy atom. The Morgan fingerprint density at radius 3 is 2.74 bits per heavy atom. The van der Waals surface area contributed by atoms with Crippen molar-refractivity contribution in [3.05, 3.63) is 46.1 Å². The maximum atomic E-state index is 12.2. The lowest BCUT2D eigenvalue weighted by atomic mass is 9.61. The number of aryl methyl sites for hydroxylation is 1. The lowest BCUT2D eigenvalue weighted by Crippen LogP contribution is -2.38. The first-order valence-electron chi connectivity index (χ1n) is 8.03. The second-order valence-corrected chi connectivity index (χ2v) is 6.76. The normalized spacial score (nSPS) is 18.7. The molecule has 23 heavy (non-hydrogen) atoms. The van der Waals surface area contributed by atoms with Gasteiger partial charge in [0.15, 0.2) is 0 Å². The maximum Gasteiger partial charge on any atom is 0.254 e. The third-order valence-corrected chi connectivity index (χ3v) is 5.42. The summed E-state index contributed by atoms with van der Waals surface area (Å²) < 4.78 is 1.88. The van der Waals surface area contributed by atoms with Gasteiger partial charge in [0.25, 0.3) is 5.91 Å². The van der Waals surface area contributed by atoms with Crippen molar-refractivity contribution in [1.29, 1.82) is 0 Å². The number of hydrogen-bond acceptors (Lipinski definition) is 3. The molecule has 1 saturated carbocycles. The summed E-state index contributed by atoms with van der Waals surface area (Å²) in [6, 6.07) is 7.85. The highest BCUT2D eigenvalue weighted by atomic mass is 35.5. The zero-order valence-corrected chi connectivity index (χ0v) is 13.6. The fraction of sp³-hybridized carbons (Fsp3) is 0.412. The molecule has 0 bridgehead atoms. The van der Waals surface area contributed by atoms with E-state index in [2.05, 4.69) is 5.32 Å². The molecule has 3 N–H and O–H groups in total. The van der Waals surface area contributed by atoms with Gasteiger partial charge in [0.2, 0.25) is 0 Å². The van der Waals surface area contributed by atoms with Gasteiger partial charge in [-0.3, -0.25) is 4.79 Å². The molecule has 6 heteroatoms. The van der Waals surface area contributed by atoms with E-state index in [0.29, 0.717) is 5.56 Å². The van der Waals surface area contributed by atoms with Crippen molar-refractivity contribution >= 4 is 23.3 Å². The van der Waals surface area contributed by atoms with E-state index < -0.39 is 5.91 Å². The van der Waals surface area contributed by atoms with E-state index in [0.717, 1.165) is 60.9 Å². The van der Waals surface area contributed by atoms with Crippen LogP contribution < -0.4 is 11.1 Å². The number of benzene rings is 1. The Morgan fingerprint density at radius 1 is 1.30 bits per heavy atom. The van der Waals surface area contributed by atoms with Crippen LogP contribution in [0.5, 0.6) is 0 Å². The van der Waals surface area contributed by atoms with Crippen molar-refractivity contribution in [2.45, 2.75) is 37.6 Å². The SMILES string of the molecule is NC(=O)c1c(C2(c3ccccc3Cl)CCC2)nn2c1NCCC2. The van der Waals surface area contributed by atoms with E-state index in [1.54, 1.807) is 0 Å². The Kier molecular flexibility index (Phi) is 3.34. The number of anilines is 1. The van der Waals surface area contributed by atoms with Crippen LogP contribution in [0.2, 0.25) is 5.02 Å². The maximum absolute atomic E-state index is 12.2. The summed E-state index contributed by atoms with van der Waals surface area (Å²) in [6.07, 6.45) is 3.96. The minimum absolute atomic E-state index is 0.297. The van der Waals surface area contributed by atoms with E-state index in [-0.39, 0.29) is 5.41 Å². The van der Waals surface area contributed by atoms with Gasteiger partial charge < -0.3 is 11.1 Å². The molecule has 4 rings (SSSR count). The van der Waals surface area contributed by atoms with Gasteiger partial charge in [-0.05, 0) is 30.9 Å². The second-order valence-electron chi connectivity index (χ2n) is 6.36. The number of primary amides is 1. The smallest absolute Gasteiger partial charge is 0.254 e. The molecule has 1 aliphatic heterocycles. The van der Waals surface area contributed by atoms with Crippen LogP contribution in [-0.4, -0.2) is 22.2 Å². The molecule has 1 aliphatic carbocycles. The number of carbonyl (C=O) groups excluding carboxylic acids is 1. The summed E-state index contributed by atoms with van der Waals surface area (Å²) >= 11 is 6.46. The summed E-state index contributed by atoms with van der Waals surface area (Å²) in [5, 5.41) is 8.79. The Balaban J connectivity index is 1.94. The second kappa shape index (κ2) is 5.27. The van der Waals surface area contributed by atoms with Crippen molar-refractivity contribution in [3.8, 4) is 0 Å². The Labute approximate surface area is 139 Å². The van der Waals surface area contributed by atoms with Gasteiger partial charge in [-0.1, -0.05) is 36.2 Å². The van der Waals surface area contributed by atoms with Crippen LogP contribution in [0, 0.1) is 0 Å². The van der Waals surface area contributed by atoms with Gasteiger partial charge in [-0.15, -0.1) is 0 Å². The van der Waals surface area contributed by atoms with Crippen molar-refractivity contribution in [2.75, 3.05) is 11.9 Å². The molecule has 0 radical (unpaired) electrons. The minimum atomic E-state index is -0.422. The fourth-order valence-electron chi connectivity index (χ4n) is 3.82. The van der Waals surface area contributed by atoms with E-state index in [4.69, 9.17) is 22.4 Å². The molecule has 1 aromatic carbocycles. The van der Waals surface area contributed by atoms with Gasteiger partial charge in [-0.25, -0.2) is 4.68 Å². The molecule has 2 heterocycles. The summed E-state index contributed by atoms with van der Waals surface area (Å²) in [5.41, 5.74) is 7.78. The van der Waals surface area contributed by atoms with Gasteiger partial charge in [0.05, 0.1) is 5.69 Å². The van der Waals surface area contributed by atoms with Crippen molar-refractivity contribution in [1.82, 2.24) is 9.78 Å². The molecule has 0 atom stereocenters. The van der Waals surface area contributed by atoms with Gasteiger partial charge >= 0.3 is 0 Å². The first kappa shape index (κ1) is 14.6. The predicted octanol–water partition coefficient (Wildman–Crippen LogP) is 2.92. The van der Waals surface area contributed by atoms with Crippen molar-refractivity contribution < 1.29 is 4.79 Å². The van der Waals surface area contributed by atoms with Crippen LogP contribution in [0.15, 0.2) is 24.3 Å². The third-order valence-electron chi connectivity index (χ3n) is 5.09. The van der Waals surface area contributed by atoms with Gasteiger partial charge in [-0.2, -0.15) is 5.10 Å². The zero-order chi connectivity index (χ0) is 16.0. The molecule has 0 spiro atoms. The molecular formula is C17H19ClN4O. The fourth-order valence-corrected chi connectivity index (χ4v) is 4.14. The summed E-state index contributed by atoms with van der Waals surface area (Å²) in [4.78, 5) is 12.2. The van der Waals surface area contributed by atoms with Crippen LogP contribution in [0.4, 0.5) is 5.82 Å². The standard InChI is InChI=1S/C17H19ClN4O/c18-12-6-2-1-5-11(12)17(7-3-8-17)14-13(15(19)23)16-20-9-4-10-22(16)21-14/h1-2,5-6,20H,3-4,7-10H2,(H2,19,23). The molecule has 2 aliphatic rings. The highest BCUT2D eigenvalue weighted by Gasteiger charge is 2.47. The van der Waals surface area contributed by atoms with Crippen LogP contribution >= 0.6 is 11.6 Å². The van der Waals surface area contributed by atoms with E-state index >= 15 is 0 Å². The Hall–Kier alpha value is -2.01. The molecule has 1 fully saturated rings. The summed E-state index contributed by atoms with van der Waals surface area (Å²) in [6.45, 7) is 1.64. The highest BCUT2D eigenvalue weighted by Crippen LogP contribution is 2.52. The lowest BCUT2D eigenvalue weighted by molar-refractivity contribution is 0.0997. The number of amides is 1. The average molecular weight is 331 g/mol. The summed E-state index contributed by atoms with van der Waals surface area (Å²) in [7, 11) is 0. The Bertz CT molecular complexity index is 779. The number of nitrogens with zero attached hydrogens (tertiary/aromatic N) is 2. The monoisotopic (exact) mass is 330 g/mol. The van der Waals surface area contributed by atoms with Crippen LogP contribution in [0.25, 0.3) is 0 Å². The predicted molar refractivity (Wildman–Crippen MR) is 89.9 cm³/mol. The number of halogens is 1. The van der Waals surface area contributed by atoms with E-state index in [9.17, 15) is 4.79 Å². The van der Waals surface area contributed by atoms with E-state index in [1.807, 2.05) is 28.9 Å². The molecule has 0 unspecified atom stereocenters. The van der Waals surface area contributed by atoms with Crippen LogP contribution in [-0.2, 0) is 12.0 Å². The molecule has 120 valence electrons.